The first kappa shape index (κ1) is 13.2. The average molecular weight is 246 g/mol. The Kier molecular flexibility index (Phi) is 4.95. The molecule has 1 rings (SSSR count). The third-order valence-electron chi connectivity index (χ3n) is 2.08. The highest BCUT2D eigenvalue weighted by Gasteiger charge is 2.08. The molecule has 0 aliphatic heterocycles. The van der Waals surface area contributed by atoms with Gasteiger partial charge in [0.25, 0.3) is 0 Å². The average Bonchev–Trinajstić information content (AvgIpc) is 2.59. The Labute approximate surface area is 96.1 Å². The summed E-state index contributed by atoms with van der Waals surface area (Å²) in [5.41, 5.74) is 0.829. The lowest BCUT2D eigenvalue weighted by Gasteiger charge is -2.03. The summed E-state index contributed by atoms with van der Waals surface area (Å²) in [5, 5.41) is 6.76. The van der Waals surface area contributed by atoms with Crippen LogP contribution in [0.2, 0.25) is 0 Å². The van der Waals surface area contributed by atoms with Gasteiger partial charge in [0.15, 0.2) is 15.6 Å². The van der Waals surface area contributed by atoms with Crippen molar-refractivity contribution < 1.29 is 12.9 Å². The van der Waals surface area contributed by atoms with E-state index in [-0.39, 0.29) is 11.5 Å². The number of aryl methyl sites for hydroxylation is 1. The monoisotopic (exact) mass is 246 g/mol. The van der Waals surface area contributed by atoms with E-state index in [2.05, 4.69) is 10.5 Å². The lowest BCUT2D eigenvalue weighted by atomic mass is 10.4. The van der Waals surface area contributed by atoms with E-state index in [1.54, 1.807) is 0 Å². The van der Waals surface area contributed by atoms with Crippen molar-refractivity contribution in [3.63, 3.8) is 0 Å². The van der Waals surface area contributed by atoms with Gasteiger partial charge in [-0.1, -0.05) is 12.1 Å². The summed E-state index contributed by atoms with van der Waals surface area (Å²) in [7, 11) is -2.89. The third-order valence-corrected chi connectivity index (χ3v) is 3.94. The van der Waals surface area contributed by atoms with Crippen LogP contribution in [-0.4, -0.2) is 31.6 Å². The Hall–Kier alpha value is -0.880. The standard InChI is InChI=1S/C10H18N2O3S/c1-3-5-16(13,14)6-4-11-8-10-7-9(2)12-15-10/h7,11H,3-6,8H2,1-2H3. The number of rotatable bonds is 7. The Bertz CT molecular complexity index is 411. The molecule has 0 aliphatic carbocycles. The lowest BCUT2D eigenvalue weighted by molar-refractivity contribution is 0.371. The maximum Gasteiger partial charge on any atom is 0.151 e. The Morgan fingerprint density at radius 3 is 2.75 bits per heavy atom. The Morgan fingerprint density at radius 2 is 2.19 bits per heavy atom. The van der Waals surface area contributed by atoms with Gasteiger partial charge in [-0.25, -0.2) is 8.42 Å². The summed E-state index contributed by atoms with van der Waals surface area (Å²) in [6.45, 7) is 4.67. The Morgan fingerprint density at radius 1 is 1.44 bits per heavy atom. The zero-order valence-corrected chi connectivity index (χ0v) is 10.5. The van der Waals surface area contributed by atoms with E-state index >= 15 is 0 Å². The molecule has 0 saturated carbocycles. The molecule has 0 amide bonds. The van der Waals surface area contributed by atoms with Crippen LogP contribution in [0, 0.1) is 6.92 Å². The second kappa shape index (κ2) is 6.00. The van der Waals surface area contributed by atoms with Gasteiger partial charge in [0, 0.05) is 18.4 Å². The molecule has 5 nitrogen and oxygen atoms in total. The van der Waals surface area contributed by atoms with E-state index in [9.17, 15) is 8.42 Å². The number of nitrogens with one attached hydrogen (secondary N) is 1. The molecule has 0 atom stereocenters. The van der Waals surface area contributed by atoms with Crippen LogP contribution in [0.4, 0.5) is 0 Å². The molecule has 0 unspecified atom stereocenters. The highest BCUT2D eigenvalue weighted by molar-refractivity contribution is 7.91. The second-order valence-electron chi connectivity index (χ2n) is 3.76. The van der Waals surface area contributed by atoms with Gasteiger partial charge in [0.05, 0.1) is 18.0 Å². The lowest BCUT2D eigenvalue weighted by Crippen LogP contribution is -2.23. The van der Waals surface area contributed by atoms with Crippen molar-refractivity contribution in [1.29, 1.82) is 0 Å². The first-order chi connectivity index (χ1) is 7.53. The first-order valence-corrected chi connectivity index (χ1v) is 7.19. The fourth-order valence-corrected chi connectivity index (χ4v) is 2.63. The molecule has 0 fully saturated rings. The van der Waals surface area contributed by atoms with Gasteiger partial charge in [-0.2, -0.15) is 0 Å². The van der Waals surface area contributed by atoms with Gasteiger partial charge >= 0.3 is 0 Å². The first-order valence-electron chi connectivity index (χ1n) is 5.37. The van der Waals surface area contributed by atoms with Gasteiger partial charge in [-0.15, -0.1) is 0 Å². The molecule has 0 aliphatic rings. The fraction of sp³-hybridized carbons (Fsp3) is 0.700. The summed E-state index contributed by atoms with van der Waals surface area (Å²) in [6.07, 6.45) is 0.670. The smallest absolute Gasteiger partial charge is 0.151 e. The van der Waals surface area contributed by atoms with Crippen LogP contribution >= 0.6 is 0 Å². The molecule has 1 N–H and O–H groups in total. The Balaban J connectivity index is 2.22. The number of aromatic nitrogens is 1. The molecular formula is C10H18N2O3S. The van der Waals surface area contributed by atoms with Crippen LogP contribution in [0.15, 0.2) is 10.6 Å². The van der Waals surface area contributed by atoms with Gasteiger partial charge in [-0.05, 0) is 13.3 Å². The predicted octanol–water partition coefficient (Wildman–Crippen LogP) is 0.897. The summed E-state index contributed by atoms with van der Waals surface area (Å²) in [5.74, 6) is 1.16. The summed E-state index contributed by atoms with van der Waals surface area (Å²) in [4.78, 5) is 0. The quantitative estimate of drug-likeness (QED) is 0.724. The maximum atomic E-state index is 11.4. The van der Waals surface area contributed by atoms with Crippen LogP contribution in [0.1, 0.15) is 24.8 Å². The van der Waals surface area contributed by atoms with Crippen LogP contribution < -0.4 is 5.32 Å². The van der Waals surface area contributed by atoms with Crippen LogP contribution in [0.25, 0.3) is 0 Å². The predicted molar refractivity (Wildman–Crippen MR) is 61.9 cm³/mol. The molecule has 0 spiro atoms. The highest BCUT2D eigenvalue weighted by atomic mass is 32.2. The van der Waals surface area contributed by atoms with Crippen molar-refractivity contribution in [2.24, 2.45) is 0 Å². The molecule has 0 radical (unpaired) electrons. The highest BCUT2D eigenvalue weighted by Crippen LogP contribution is 2.01. The number of hydrogen-bond acceptors (Lipinski definition) is 5. The van der Waals surface area contributed by atoms with Crippen molar-refractivity contribution in [2.45, 2.75) is 26.8 Å². The minimum atomic E-state index is -2.89. The van der Waals surface area contributed by atoms with Crippen LogP contribution in [-0.2, 0) is 16.4 Å². The topological polar surface area (TPSA) is 72.2 Å². The largest absolute Gasteiger partial charge is 0.360 e. The fourth-order valence-electron chi connectivity index (χ4n) is 1.35. The van der Waals surface area contributed by atoms with Crippen LogP contribution in [0.5, 0.6) is 0 Å². The van der Waals surface area contributed by atoms with Gasteiger partial charge in [0.1, 0.15) is 0 Å². The number of sulfone groups is 1. The number of hydrogen-bond donors (Lipinski definition) is 1. The molecule has 1 heterocycles. The second-order valence-corrected chi connectivity index (χ2v) is 6.07. The van der Waals surface area contributed by atoms with E-state index in [0.717, 1.165) is 11.5 Å². The molecule has 0 aromatic carbocycles. The minimum Gasteiger partial charge on any atom is -0.360 e. The molecule has 0 saturated heterocycles. The molecule has 1 aromatic rings. The summed E-state index contributed by atoms with van der Waals surface area (Å²) in [6, 6.07) is 1.83. The van der Waals surface area contributed by atoms with Gasteiger partial charge in [-0.3, -0.25) is 0 Å². The zero-order chi connectivity index (χ0) is 12.0. The van der Waals surface area contributed by atoms with Crippen molar-refractivity contribution >= 4 is 9.84 Å². The van der Waals surface area contributed by atoms with E-state index in [1.165, 1.54) is 0 Å². The summed E-state index contributed by atoms with van der Waals surface area (Å²) < 4.78 is 27.7. The van der Waals surface area contributed by atoms with Crippen molar-refractivity contribution in [2.75, 3.05) is 18.1 Å². The van der Waals surface area contributed by atoms with E-state index in [1.807, 2.05) is 19.9 Å². The molecular weight excluding hydrogens is 228 g/mol. The third kappa shape index (κ3) is 4.76. The molecule has 6 heteroatoms. The molecule has 92 valence electrons. The normalized spacial score (nSPS) is 11.9. The van der Waals surface area contributed by atoms with Crippen molar-refractivity contribution in [1.82, 2.24) is 10.5 Å². The van der Waals surface area contributed by atoms with Crippen molar-refractivity contribution in [3.05, 3.63) is 17.5 Å². The number of nitrogens with zero attached hydrogens (tertiary/aromatic N) is 1. The summed E-state index contributed by atoms with van der Waals surface area (Å²) >= 11 is 0. The van der Waals surface area contributed by atoms with Crippen LogP contribution in [0.3, 0.4) is 0 Å². The van der Waals surface area contributed by atoms with E-state index < -0.39 is 9.84 Å². The minimum absolute atomic E-state index is 0.175. The van der Waals surface area contributed by atoms with E-state index in [0.29, 0.717) is 19.5 Å². The van der Waals surface area contributed by atoms with Crippen molar-refractivity contribution in [3.8, 4) is 0 Å². The molecule has 16 heavy (non-hydrogen) atoms. The SMILES string of the molecule is CCCS(=O)(=O)CCNCc1cc(C)no1. The van der Waals surface area contributed by atoms with E-state index in [4.69, 9.17) is 4.52 Å². The zero-order valence-electron chi connectivity index (χ0n) is 9.69. The van der Waals surface area contributed by atoms with Gasteiger partial charge in [0.2, 0.25) is 0 Å². The molecule has 0 bridgehead atoms. The maximum absolute atomic E-state index is 11.4. The molecule has 1 aromatic heterocycles. The van der Waals surface area contributed by atoms with Gasteiger partial charge < -0.3 is 9.84 Å².